The van der Waals surface area contributed by atoms with Gasteiger partial charge in [0.1, 0.15) is 0 Å². The van der Waals surface area contributed by atoms with Crippen molar-refractivity contribution in [3.8, 4) is 0 Å². The van der Waals surface area contributed by atoms with E-state index in [1.165, 1.54) is 0 Å². The van der Waals surface area contributed by atoms with E-state index in [1.807, 2.05) is 42.6 Å². The van der Waals surface area contributed by atoms with Crippen molar-refractivity contribution >= 4 is 33.2 Å². The first-order chi connectivity index (χ1) is 12.0. The number of anilines is 1. The molecule has 1 unspecified atom stereocenters. The molecule has 3 rings (SSSR count). The number of rotatable bonds is 6. The molecule has 0 spiro atoms. The van der Waals surface area contributed by atoms with Gasteiger partial charge >= 0.3 is 0 Å². The summed E-state index contributed by atoms with van der Waals surface area (Å²) < 4.78 is 22.9. The van der Waals surface area contributed by atoms with Gasteiger partial charge in [-0.25, -0.2) is 8.42 Å². The van der Waals surface area contributed by atoms with E-state index in [-0.39, 0.29) is 29.8 Å². The molecule has 2 heterocycles. The van der Waals surface area contributed by atoms with Crippen molar-refractivity contribution < 1.29 is 13.2 Å². The van der Waals surface area contributed by atoms with E-state index in [2.05, 4.69) is 10.3 Å². The number of thioether (sulfide) groups is 1. The third-order valence-corrected chi connectivity index (χ3v) is 6.99. The molecule has 0 bridgehead atoms. The second-order valence-electron chi connectivity index (χ2n) is 6.20. The lowest BCUT2D eigenvalue weighted by atomic mass is 10.1. The largest absolute Gasteiger partial charge is 0.326 e. The Hall–Kier alpha value is -1.86. The zero-order valence-corrected chi connectivity index (χ0v) is 15.4. The van der Waals surface area contributed by atoms with Crippen LogP contribution in [0.2, 0.25) is 0 Å². The minimum absolute atomic E-state index is 0.0562. The fraction of sp³-hybridized carbons (Fsp3) is 0.333. The van der Waals surface area contributed by atoms with Crippen LogP contribution in [0.5, 0.6) is 0 Å². The lowest BCUT2D eigenvalue weighted by Crippen LogP contribution is -2.17. The minimum Gasteiger partial charge on any atom is -0.326 e. The number of aromatic nitrogens is 1. The summed E-state index contributed by atoms with van der Waals surface area (Å²) in [5, 5.41) is 2.84. The first-order valence-corrected chi connectivity index (χ1v) is 10.9. The molecular formula is C18H20N2O3S2. The van der Waals surface area contributed by atoms with Gasteiger partial charge in [0, 0.05) is 35.2 Å². The SMILES string of the molecule is O=C(CC1CCS(=O)(=O)C1)Nc1ccc(SCc2cccnc2)cc1. The van der Waals surface area contributed by atoms with Gasteiger partial charge < -0.3 is 5.32 Å². The van der Waals surface area contributed by atoms with Crippen molar-refractivity contribution in [2.45, 2.75) is 23.5 Å². The van der Waals surface area contributed by atoms with Gasteiger partial charge in [0.15, 0.2) is 9.84 Å². The minimum atomic E-state index is -2.94. The van der Waals surface area contributed by atoms with E-state index >= 15 is 0 Å². The van der Waals surface area contributed by atoms with Crippen LogP contribution in [-0.4, -0.2) is 30.8 Å². The van der Waals surface area contributed by atoms with Crippen molar-refractivity contribution in [1.29, 1.82) is 0 Å². The first kappa shape index (κ1) is 17.9. The smallest absolute Gasteiger partial charge is 0.224 e. The van der Waals surface area contributed by atoms with Crippen molar-refractivity contribution in [3.63, 3.8) is 0 Å². The number of nitrogens with zero attached hydrogens (tertiary/aromatic N) is 1. The summed E-state index contributed by atoms with van der Waals surface area (Å²) >= 11 is 1.71. The number of hydrogen-bond acceptors (Lipinski definition) is 5. The fourth-order valence-corrected chi connectivity index (χ4v) is 5.49. The highest BCUT2D eigenvalue weighted by molar-refractivity contribution is 7.98. The Morgan fingerprint density at radius 2 is 2.04 bits per heavy atom. The van der Waals surface area contributed by atoms with E-state index in [9.17, 15) is 13.2 Å². The van der Waals surface area contributed by atoms with Crippen LogP contribution in [0.3, 0.4) is 0 Å². The van der Waals surface area contributed by atoms with Crippen LogP contribution in [-0.2, 0) is 20.4 Å². The highest BCUT2D eigenvalue weighted by Gasteiger charge is 2.29. The Labute approximate surface area is 152 Å². The zero-order valence-electron chi connectivity index (χ0n) is 13.7. The first-order valence-electron chi connectivity index (χ1n) is 8.12. The maximum atomic E-state index is 12.1. The summed E-state index contributed by atoms with van der Waals surface area (Å²) in [6.45, 7) is 0. The van der Waals surface area contributed by atoms with E-state index in [4.69, 9.17) is 0 Å². The molecule has 1 aliphatic heterocycles. The second kappa shape index (κ2) is 8.01. The molecule has 0 saturated carbocycles. The normalized spacial score (nSPS) is 18.8. The molecular weight excluding hydrogens is 356 g/mol. The summed E-state index contributed by atoms with van der Waals surface area (Å²) in [7, 11) is -2.94. The molecule has 1 aromatic heterocycles. The van der Waals surface area contributed by atoms with Gasteiger partial charge in [0.2, 0.25) is 5.91 Å². The maximum absolute atomic E-state index is 12.1. The van der Waals surface area contributed by atoms with Gasteiger partial charge in [0.05, 0.1) is 11.5 Å². The Kier molecular flexibility index (Phi) is 5.75. The average molecular weight is 377 g/mol. The van der Waals surface area contributed by atoms with Crippen molar-refractivity contribution in [2.75, 3.05) is 16.8 Å². The summed E-state index contributed by atoms with van der Waals surface area (Å²) in [6.07, 6.45) is 4.45. The number of nitrogens with one attached hydrogen (secondary N) is 1. The third-order valence-electron chi connectivity index (χ3n) is 4.07. The maximum Gasteiger partial charge on any atom is 0.224 e. The van der Waals surface area contributed by atoms with Gasteiger partial charge in [-0.2, -0.15) is 0 Å². The summed E-state index contributed by atoms with van der Waals surface area (Å²) in [5.74, 6) is 0.991. The van der Waals surface area contributed by atoms with Crippen LogP contribution in [0.4, 0.5) is 5.69 Å². The molecule has 5 nitrogen and oxygen atoms in total. The summed E-state index contributed by atoms with van der Waals surface area (Å²) in [4.78, 5) is 17.3. The lowest BCUT2D eigenvalue weighted by Gasteiger charge is -2.09. The molecule has 1 saturated heterocycles. The van der Waals surface area contributed by atoms with Gasteiger partial charge in [-0.15, -0.1) is 11.8 Å². The number of amides is 1. The topological polar surface area (TPSA) is 76.1 Å². The van der Waals surface area contributed by atoms with E-state index in [0.29, 0.717) is 6.42 Å². The molecule has 25 heavy (non-hydrogen) atoms. The quantitative estimate of drug-likeness (QED) is 0.784. The molecule has 1 aliphatic rings. The number of benzene rings is 1. The Bertz CT molecular complexity index is 821. The van der Waals surface area contributed by atoms with Crippen LogP contribution < -0.4 is 5.32 Å². The average Bonchev–Trinajstić information content (AvgIpc) is 2.93. The third kappa shape index (κ3) is 5.57. The number of carbonyl (C=O) groups is 1. The highest BCUT2D eigenvalue weighted by Crippen LogP contribution is 2.25. The van der Waals surface area contributed by atoms with Gasteiger partial charge in [-0.05, 0) is 48.2 Å². The monoisotopic (exact) mass is 376 g/mol. The molecule has 7 heteroatoms. The predicted octanol–water partition coefficient (Wildman–Crippen LogP) is 3.14. The van der Waals surface area contributed by atoms with Gasteiger partial charge in [-0.3, -0.25) is 9.78 Å². The number of pyridine rings is 1. The van der Waals surface area contributed by atoms with Gasteiger partial charge in [0.25, 0.3) is 0 Å². The lowest BCUT2D eigenvalue weighted by molar-refractivity contribution is -0.116. The Morgan fingerprint density at radius 1 is 1.24 bits per heavy atom. The van der Waals surface area contributed by atoms with Crippen LogP contribution in [0.1, 0.15) is 18.4 Å². The predicted molar refractivity (Wildman–Crippen MR) is 100 cm³/mol. The standard InChI is InChI=1S/C18H20N2O3S2/c21-18(10-14-7-9-25(22,23)13-14)20-16-3-5-17(6-4-16)24-12-15-2-1-8-19-11-15/h1-6,8,11,14H,7,9-10,12-13H2,(H,20,21). The van der Waals surface area contributed by atoms with Crippen LogP contribution in [0.25, 0.3) is 0 Å². The number of hydrogen-bond donors (Lipinski definition) is 1. The van der Waals surface area contributed by atoms with E-state index < -0.39 is 9.84 Å². The highest BCUT2D eigenvalue weighted by atomic mass is 32.2. The van der Waals surface area contributed by atoms with Crippen molar-refractivity contribution in [1.82, 2.24) is 4.98 Å². The Morgan fingerprint density at radius 3 is 2.68 bits per heavy atom. The molecule has 1 N–H and O–H groups in total. The molecule has 1 atom stereocenters. The molecule has 132 valence electrons. The molecule has 1 fully saturated rings. The summed E-state index contributed by atoms with van der Waals surface area (Å²) in [6, 6.07) is 11.6. The Balaban J connectivity index is 1.48. The van der Waals surface area contributed by atoms with Crippen molar-refractivity contribution in [2.24, 2.45) is 5.92 Å². The van der Waals surface area contributed by atoms with Gasteiger partial charge in [-0.1, -0.05) is 6.07 Å². The number of sulfone groups is 1. The van der Waals surface area contributed by atoms with Crippen LogP contribution in [0.15, 0.2) is 53.7 Å². The molecule has 2 aromatic rings. The van der Waals surface area contributed by atoms with Crippen molar-refractivity contribution in [3.05, 3.63) is 54.4 Å². The molecule has 1 amide bonds. The zero-order chi connectivity index (χ0) is 17.7. The molecule has 0 radical (unpaired) electrons. The van der Waals surface area contributed by atoms with E-state index in [1.54, 1.807) is 18.0 Å². The number of carbonyl (C=O) groups excluding carboxylic acids is 1. The molecule has 0 aliphatic carbocycles. The summed E-state index contributed by atoms with van der Waals surface area (Å²) in [5.41, 5.74) is 1.90. The van der Waals surface area contributed by atoms with E-state index in [0.717, 1.165) is 21.9 Å². The van der Waals surface area contributed by atoms with Crippen LogP contribution in [0, 0.1) is 5.92 Å². The molecule has 1 aromatic carbocycles. The fourth-order valence-electron chi connectivity index (χ4n) is 2.79. The second-order valence-corrected chi connectivity index (χ2v) is 9.47. The van der Waals surface area contributed by atoms with Crippen LogP contribution >= 0.6 is 11.8 Å².